The van der Waals surface area contributed by atoms with Gasteiger partial charge in [-0.2, -0.15) is 0 Å². The van der Waals surface area contributed by atoms with Gasteiger partial charge in [-0.1, -0.05) is 90.9 Å². The molecule has 0 aliphatic heterocycles. The second kappa shape index (κ2) is 24.1. The number of nitrogens with zero attached hydrogens (tertiary/aromatic N) is 1. The summed E-state index contributed by atoms with van der Waals surface area (Å²) in [5.74, 6) is -2.03. The highest BCUT2D eigenvalue weighted by Gasteiger charge is 2.25. The van der Waals surface area contributed by atoms with Crippen molar-refractivity contribution in [2.75, 3.05) is 47.5 Å². The zero-order chi connectivity index (χ0) is 29.4. The van der Waals surface area contributed by atoms with Crippen molar-refractivity contribution < 1.29 is 42.9 Å². The van der Waals surface area contributed by atoms with Crippen LogP contribution in [0.3, 0.4) is 0 Å². The summed E-state index contributed by atoms with van der Waals surface area (Å²) in [4.78, 5) is 36.3. The third kappa shape index (κ3) is 25.0. The number of carbonyl (C=O) groups is 3. The molecule has 0 bridgehead atoms. The van der Waals surface area contributed by atoms with E-state index in [1.165, 1.54) is 38.5 Å². The Labute approximate surface area is 237 Å². The molecule has 0 saturated carbocycles. The predicted octanol–water partition coefficient (Wildman–Crippen LogP) is 5.87. The number of unbranched alkanes of at least 4 members (excludes halogenated alkanes) is 12. The van der Waals surface area contributed by atoms with E-state index in [1.54, 1.807) is 0 Å². The fraction of sp³-hybridized carbons (Fsp3) is 0.900. The molecule has 39 heavy (non-hydrogen) atoms. The summed E-state index contributed by atoms with van der Waals surface area (Å²) in [6.45, 7) is 4.71. The fourth-order valence-corrected chi connectivity index (χ4v) is 3.89. The van der Waals surface area contributed by atoms with Crippen molar-refractivity contribution in [2.24, 2.45) is 0 Å². The van der Waals surface area contributed by atoms with Crippen LogP contribution in [0.5, 0.6) is 0 Å². The van der Waals surface area contributed by atoms with Gasteiger partial charge in [0.1, 0.15) is 13.2 Å². The van der Waals surface area contributed by atoms with Crippen molar-refractivity contribution in [3.8, 4) is 0 Å². The second-order valence-electron chi connectivity index (χ2n) is 11.4. The lowest BCUT2D eigenvalue weighted by molar-refractivity contribution is -0.870. The highest BCUT2D eigenvalue weighted by atomic mass is 16.7. The summed E-state index contributed by atoms with van der Waals surface area (Å²) in [5.41, 5.74) is 0. The highest BCUT2D eigenvalue weighted by Crippen LogP contribution is 2.12. The maximum absolute atomic E-state index is 12.5. The molecule has 9 heteroatoms. The van der Waals surface area contributed by atoms with Gasteiger partial charge in [0.25, 0.3) is 6.29 Å². The zero-order valence-electron chi connectivity index (χ0n) is 25.5. The largest absolute Gasteiger partial charge is 0.477 e. The molecular weight excluding hydrogens is 502 g/mol. The quantitative estimate of drug-likeness (QED) is 0.0575. The number of rotatable bonds is 27. The smallest absolute Gasteiger partial charge is 0.361 e. The maximum atomic E-state index is 12.5. The van der Waals surface area contributed by atoms with E-state index in [0.29, 0.717) is 17.4 Å². The monoisotopic (exact) mass is 560 g/mol. The van der Waals surface area contributed by atoms with Crippen LogP contribution in [0.1, 0.15) is 117 Å². The highest BCUT2D eigenvalue weighted by molar-refractivity contribution is 5.71. The minimum atomic E-state index is -1.50. The van der Waals surface area contributed by atoms with Gasteiger partial charge in [-0.25, -0.2) is 4.79 Å². The molecule has 0 radical (unpaired) electrons. The summed E-state index contributed by atoms with van der Waals surface area (Å²) >= 11 is 0. The lowest BCUT2D eigenvalue weighted by Crippen LogP contribution is -2.40. The van der Waals surface area contributed by atoms with Gasteiger partial charge >= 0.3 is 17.9 Å². The first-order valence-electron chi connectivity index (χ1n) is 15.2. The molecule has 2 unspecified atom stereocenters. The van der Waals surface area contributed by atoms with E-state index in [0.717, 1.165) is 51.4 Å². The van der Waals surface area contributed by atoms with Crippen LogP contribution in [-0.2, 0) is 33.3 Å². The van der Waals surface area contributed by atoms with Crippen LogP contribution in [0.15, 0.2) is 0 Å². The van der Waals surface area contributed by atoms with Gasteiger partial charge in [0.15, 0.2) is 6.10 Å². The predicted molar refractivity (Wildman–Crippen MR) is 152 cm³/mol. The number of quaternary nitrogens is 1. The summed E-state index contributed by atoms with van der Waals surface area (Å²) in [6.07, 6.45) is 13.5. The number of carboxylic acids is 1. The van der Waals surface area contributed by atoms with Gasteiger partial charge in [0.2, 0.25) is 0 Å². The Morgan fingerprint density at radius 2 is 1.15 bits per heavy atom. The van der Waals surface area contributed by atoms with Crippen molar-refractivity contribution >= 4 is 17.9 Å². The van der Waals surface area contributed by atoms with Crippen LogP contribution in [0.2, 0.25) is 0 Å². The lowest BCUT2D eigenvalue weighted by atomic mass is 10.1. The van der Waals surface area contributed by atoms with Crippen LogP contribution in [0, 0.1) is 0 Å². The normalized spacial score (nSPS) is 13.2. The first kappa shape index (κ1) is 37.3. The molecule has 0 heterocycles. The molecule has 0 aromatic heterocycles. The Bertz CT molecular complexity index is 635. The summed E-state index contributed by atoms with van der Waals surface area (Å²) in [6, 6.07) is 0. The molecule has 0 aliphatic rings. The first-order chi connectivity index (χ1) is 18.6. The van der Waals surface area contributed by atoms with E-state index in [-0.39, 0.29) is 32.2 Å². The molecule has 2 atom stereocenters. The number of carboxylic acid groups (broad SMARTS) is 1. The molecular formula is C30H58NO8+. The third-order valence-corrected chi connectivity index (χ3v) is 6.36. The number of aliphatic carboxylic acids is 1. The number of ether oxygens (including phenoxy) is 4. The Morgan fingerprint density at radius 1 is 0.667 bits per heavy atom. The van der Waals surface area contributed by atoms with Gasteiger partial charge in [0, 0.05) is 12.8 Å². The second-order valence-corrected chi connectivity index (χ2v) is 11.4. The molecule has 1 N–H and O–H groups in total. The van der Waals surface area contributed by atoms with Crippen LogP contribution in [0.4, 0.5) is 0 Å². The number of hydrogen-bond acceptors (Lipinski definition) is 7. The van der Waals surface area contributed by atoms with Gasteiger partial charge in [-0.3, -0.25) is 9.59 Å². The fourth-order valence-electron chi connectivity index (χ4n) is 3.89. The first-order valence-corrected chi connectivity index (χ1v) is 15.2. The minimum absolute atomic E-state index is 0.178. The topological polar surface area (TPSA) is 108 Å². The SMILES string of the molecule is CCCCCCCCCCCC(=O)OC(COC(=O)CCCCCCC)COC(OCC[N+](C)(C)C)C(=O)O. The summed E-state index contributed by atoms with van der Waals surface area (Å²) in [5, 5.41) is 9.47. The van der Waals surface area contributed by atoms with Gasteiger partial charge in [-0.05, 0) is 12.8 Å². The molecule has 0 rings (SSSR count). The van der Waals surface area contributed by atoms with Crippen LogP contribution in [0.25, 0.3) is 0 Å². The number of hydrogen-bond donors (Lipinski definition) is 1. The average Bonchev–Trinajstić information content (AvgIpc) is 2.87. The van der Waals surface area contributed by atoms with E-state index in [2.05, 4.69) is 13.8 Å². The third-order valence-electron chi connectivity index (χ3n) is 6.36. The van der Waals surface area contributed by atoms with Crippen molar-refractivity contribution in [1.29, 1.82) is 0 Å². The molecule has 0 aromatic rings. The van der Waals surface area contributed by atoms with Gasteiger partial charge < -0.3 is 28.5 Å². The average molecular weight is 561 g/mol. The molecule has 9 nitrogen and oxygen atoms in total. The van der Waals surface area contributed by atoms with E-state index in [1.807, 2.05) is 21.1 Å². The molecule has 0 fully saturated rings. The van der Waals surface area contributed by atoms with E-state index >= 15 is 0 Å². The molecule has 0 aromatic carbocycles. The summed E-state index contributed by atoms with van der Waals surface area (Å²) in [7, 11) is 5.92. The lowest BCUT2D eigenvalue weighted by Gasteiger charge is -2.25. The standard InChI is InChI=1S/C30H57NO8/c1-6-8-10-12-13-14-15-17-19-21-28(33)39-26(24-37-27(32)20-18-16-11-9-7-2)25-38-30(29(34)35)36-23-22-31(3,4)5/h26,30H,6-25H2,1-5H3/p+1. The van der Waals surface area contributed by atoms with E-state index in [9.17, 15) is 19.5 Å². The Morgan fingerprint density at radius 3 is 1.64 bits per heavy atom. The zero-order valence-corrected chi connectivity index (χ0v) is 25.5. The van der Waals surface area contributed by atoms with Gasteiger partial charge in [0.05, 0.1) is 34.4 Å². The minimum Gasteiger partial charge on any atom is -0.477 e. The van der Waals surface area contributed by atoms with E-state index < -0.39 is 24.3 Å². The number of carbonyl (C=O) groups excluding carboxylic acids is 2. The van der Waals surface area contributed by atoms with Crippen molar-refractivity contribution in [1.82, 2.24) is 0 Å². The van der Waals surface area contributed by atoms with Crippen molar-refractivity contribution in [2.45, 2.75) is 129 Å². The Balaban J connectivity index is 4.65. The Hall–Kier alpha value is -1.71. The van der Waals surface area contributed by atoms with Crippen LogP contribution in [-0.4, -0.2) is 87.4 Å². The Kier molecular flexibility index (Phi) is 23.1. The summed E-state index contributed by atoms with van der Waals surface area (Å²) < 4.78 is 22.3. The number of likely N-dealkylation sites (N-methyl/N-ethyl adjacent to an activating group) is 1. The molecule has 0 amide bonds. The molecule has 0 saturated heterocycles. The number of esters is 2. The van der Waals surface area contributed by atoms with E-state index in [4.69, 9.17) is 18.9 Å². The molecule has 230 valence electrons. The van der Waals surface area contributed by atoms with Gasteiger partial charge in [-0.15, -0.1) is 0 Å². The molecule has 0 spiro atoms. The van der Waals surface area contributed by atoms with Crippen LogP contribution >= 0.6 is 0 Å². The maximum Gasteiger partial charge on any atom is 0.361 e. The van der Waals surface area contributed by atoms with Crippen molar-refractivity contribution in [3.63, 3.8) is 0 Å². The van der Waals surface area contributed by atoms with Crippen LogP contribution < -0.4 is 0 Å². The van der Waals surface area contributed by atoms with Crippen molar-refractivity contribution in [3.05, 3.63) is 0 Å². The molecule has 0 aliphatic carbocycles.